The van der Waals surface area contributed by atoms with E-state index in [1.54, 1.807) is 0 Å². The quantitative estimate of drug-likeness (QED) is 0.821. The number of hydrogen-bond acceptors (Lipinski definition) is 2. The highest BCUT2D eigenvalue weighted by molar-refractivity contribution is 6.33. The summed E-state index contributed by atoms with van der Waals surface area (Å²) >= 11 is 6.32. The molecule has 1 N–H and O–H groups in total. The van der Waals surface area contributed by atoms with E-state index in [1.165, 1.54) is 11.4 Å². The Morgan fingerprint density at radius 2 is 1.67 bits per heavy atom. The maximum Gasteiger partial charge on any atom is 0.0646 e. The van der Waals surface area contributed by atoms with Crippen molar-refractivity contribution in [3.05, 3.63) is 53.6 Å². The third kappa shape index (κ3) is 2.04. The zero-order chi connectivity index (χ0) is 12.4. The van der Waals surface area contributed by atoms with Gasteiger partial charge in [-0.05, 0) is 30.7 Å². The average Bonchev–Trinajstić information content (AvgIpc) is 2.62. The van der Waals surface area contributed by atoms with Gasteiger partial charge in [0.1, 0.15) is 0 Å². The van der Waals surface area contributed by atoms with Crippen molar-refractivity contribution >= 4 is 28.7 Å². The smallest absolute Gasteiger partial charge is 0.0646 e. The summed E-state index contributed by atoms with van der Waals surface area (Å²) < 4.78 is 0. The first kappa shape index (κ1) is 11.4. The van der Waals surface area contributed by atoms with Crippen LogP contribution in [-0.4, -0.2) is 13.1 Å². The molecule has 0 saturated heterocycles. The second-order valence-electron chi connectivity index (χ2n) is 4.40. The van der Waals surface area contributed by atoms with Crippen molar-refractivity contribution in [1.29, 1.82) is 0 Å². The molecular formula is C15H15ClN2. The van der Waals surface area contributed by atoms with Gasteiger partial charge in [0.05, 0.1) is 22.1 Å². The van der Waals surface area contributed by atoms with Crippen LogP contribution in [0.1, 0.15) is 6.42 Å². The Kier molecular flexibility index (Phi) is 3.11. The molecule has 18 heavy (non-hydrogen) atoms. The SMILES string of the molecule is Clc1ccccc1N1CCCNc2ccccc21. The first-order valence-corrected chi connectivity index (χ1v) is 6.59. The Morgan fingerprint density at radius 3 is 2.50 bits per heavy atom. The van der Waals surface area contributed by atoms with Gasteiger partial charge < -0.3 is 10.2 Å². The van der Waals surface area contributed by atoms with E-state index in [-0.39, 0.29) is 0 Å². The molecule has 0 aromatic heterocycles. The first-order valence-electron chi connectivity index (χ1n) is 6.21. The molecule has 0 radical (unpaired) electrons. The number of nitrogens with zero attached hydrogens (tertiary/aromatic N) is 1. The van der Waals surface area contributed by atoms with Crippen LogP contribution in [0.3, 0.4) is 0 Å². The molecule has 2 aromatic rings. The molecule has 2 aromatic carbocycles. The third-order valence-electron chi connectivity index (χ3n) is 3.21. The van der Waals surface area contributed by atoms with Gasteiger partial charge in [-0.1, -0.05) is 35.9 Å². The second-order valence-corrected chi connectivity index (χ2v) is 4.81. The molecule has 0 aliphatic carbocycles. The standard InChI is InChI=1S/C15H15ClN2/c16-12-6-1-3-8-14(12)18-11-5-10-17-13-7-2-4-9-15(13)18/h1-4,6-9,17H,5,10-11H2. The summed E-state index contributed by atoms with van der Waals surface area (Å²) in [6.45, 7) is 1.98. The lowest BCUT2D eigenvalue weighted by atomic mass is 10.2. The maximum absolute atomic E-state index is 6.32. The number of para-hydroxylation sites is 3. The Hall–Kier alpha value is -1.67. The molecule has 0 fully saturated rings. The Balaban J connectivity index is 2.10. The van der Waals surface area contributed by atoms with E-state index >= 15 is 0 Å². The molecule has 0 spiro atoms. The lowest BCUT2D eigenvalue weighted by molar-refractivity contribution is 0.863. The number of nitrogens with one attached hydrogen (secondary N) is 1. The molecule has 3 rings (SSSR count). The molecule has 0 atom stereocenters. The first-order chi connectivity index (χ1) is 8.86. The van der Waals surface area contributed by atoms with Crippen molar-refractivity contribution < 1.29 is 0 Å². The Bertz CT molecular complexity index is 554. The molecule has 0 unspecified atom stereocenters. The van der Waals surface area contributed by atoms with Crippen LogP contribution in [-0.2, 0) is 0 Å². The molecule has 0 bridgehead atoms. The number of benzene rings is 2. The van der Waals surface area contributed by atoms with E-state index in [4.69, 9.17) is 11.6 Å². The molecule has 1 heterocycles. The van der Waals surface area contributed by atoms with Crippen LogP contribution in [0.25, 0.3) is 0 Å². The molecule has 92 valence electrons. The molecular weight excluding hydrogens is 244 g/mol. The van der Waals surface area contributed by atoms with Crippen molar-refractivity contribution in [2.45, 2.75) is 6.42 Å². The topological polar surface area (TPSA) is 15.3 Å². The van der Waals surface area contributed by atoms with Crippen LogP contribution in [0.4, 0.5) is 17.1 Å². The van der Waals surface area contributed by atoms with Gasteiger partial charge in [-0.15, -0.1) is 0 Å². The molecule has 1 aliphatic heterocycles. The van der Waals surface area contributed by atoms with E-state index in [0.717, 1.165) is 30.2 Å². The van der Waals surface area contributed by atoms with E-state index in [9.17, 15) is 0 Å². The van der Waals surface area contributed by atoms with Crippen LogP contribution >= 0.6 is 11.6 Å². The fourth-order valence-electron chi connectivity index (χ4n) is 2.36. The largest absolute Gasteiger partial charge is 0.383 e. The van der Waals surface area contributed by atoms with E-state index in [0.29, 0.717) is 0 Å². The summed E-state index contributed by atoms with van der Waals surface area (Å²) in [7, 11) is 0. The number of fused-ring (bicyclic) bond motifs is 1. The van der Waals surface area contributed by atoms with Crippen LogP contribution < -0.4 is 10.2 Å². The van der Waals surface area contributed by atoms with Gasteiger partial charge in [-0.25, -0.2) is 0 Å². The Labute approximate surface area is 112 Å². The Morgan fingerprint density at radius 1 is 0.944 bits per heavy atom. The summed E-state index contributed by atoms with van der Waals surface area (Å²) in [5.41, 5.74) is 3.45. The van der Waals surface area contributed by atoms with Gasteiger partial charge in [0.15, 0.2) is 0 Å². The van der Waals surface area contributed by atoms with Crippen LogP contribution in [0.5, 0.6) is 0 Å². The van der Waals surface area contributed by atoms with Gasteiger partial charge in [-0.2, -0.15) is 0 Å². The number of anilines is 3. The molecule has 1 aliphatic rings. The van der Waals surface area contributed by atoms with Crippen molar-refractivity contribution in [2.24, 2.45) is 0 Å². The zero-order valence-electron chi connectivity index (χ0n) is 10.1. The predicted molar refractivity (Wildman–Crippen MR) is 78.0 cm³/mol. The fourth-order valence-corrected chi connectivity index (χ4v) is 2.60. The van der Waals surface area contributed by atoms with Gasteiger partial charge in [0.25, 0.3) is 0 Å². The van der Waals surface area contributed by atoms with Crippen LogP contribution in [0, 0.1) is 0 Å². The normalized spacial score (nSPS) is 14.6. The van der Waals surface area contributed by atoms with Gasteiger partial charge >= 0.3 is 0 Å². The van der Waals surface area contributed by atoms with Gasteiger partial charge in [0, 0.05) is 13.1 Å². The summed E-state index contributed by atoms with van der Waals surface area (Å²) in [5, 5.41) is 4.26. The molecule has 0 saturated carbocycles. The van der Waals surface area contributed by atoms with Gasteiger partial charge in [-0.3, -0.25) is 0 Å². The van der Waals surface area contributed by atoms with Crippen molar-refractivity contribution in [3.8, 4) is 0 Å². The van der Waals surface area contributed by atoms with Gasteiger partial charge in [0.2, 0.25) is 0 Å². The van der Waals surface area contributed by atoms with E-state index in [1.807, 2.05) is 18.2 Å². The molecule has 0 amide bonds. The minimum Gasteiger partial charge on any atom is -0.383 e. The minimum absolute atomic E-state index is 0.800. The van der Waals surface area contributed by atoms with E-state index in [2.05, 4.69) is 40.5 Å². The lowest BCUT2D eigenvalue weighted by Crippen LogP contribution is -2.17. The highest BCUT2D eigenvalue weighted by Crippen LogP contribution is 2.37. The van der Waals surface area contributed by atoms with Crippen LogP contribution in [0.2, 0.25) is 5.02 Å². The van der Waals surface area contributed by atoms with Crippen molar-refractivity contribution in [1.82, 2.24) is 0 Å². The van der Waals surface area contributed by atoms with Crippen LogP contribution in [0.15, 0.2) is 48.5 Å². The van der Waals surface area contributed by atoms with Crippen molar-refractivity contribution in [3.63, 3.8) is 0 Å². The number of hydrogen-bond donors (Lipinski definition) is 1. The number of halogens is 1. The second kappa shape index (κ2) is 4.91. The average molecular weight is 259 g/mol. The van der Waals surface area contributed by atoms with E-state index < -0.39 is 0 Å². The zero-order valence-corrected chi connectivity index (χ0v) is 10.8. The number of rotatable bonds is 1. The molecule has 3 heteroatoms. The lowest BCUT2D eigenvalue weighted by Gasteiger charge is -2.25. The third-order valence-corrected chi connectivity index (χ3v) is 3.53. The summed E-state index contributed by atoms with van der Waals surface area (Å²) in [4.78, 5) is 2.29. The molecule has 2 nitrogen and oxygen atoms in total. The predicted octanol–water partition coefficient (Wildman–Crippen LogP) is 4.29. The highest BCUT2D eigenvalue weighted by Gasteiger charge is 2.17. The monoisotopic (exact) mass is 258 g/mol. The highest BCUT2D eigenvalue weighted by atomic mass is 35.5. The summed E-state index contributed by atoms with van der Waals surface area (Å²) in [6.07, 6.45) is 1.10. The van der Waals surface area contributed by atoms with Crippen molar-refractivity contribution in [2.75, 3.05) is 23.3 Å². The summed E-state index contributed by atoms with van der Waals surface area (Å²) in [5.74, 6) is 0. The minimum atomic E-state index is 0.800. The maximum atomic E-state index is 6.32. The summed E-state index contributed by atoms with van der Waals surface area (Å²) in [6, 6.07) is 16.4. The fraction of sp³-hybridized carbons (Fsp3) is 0.200.